The maximum atomic E-state index is 7.40. The predicted octanol–water partition coefficient (Wildman–Crippen LogP) is 8.97. The number of nitrogens with zero attached hydrogens (tertiary/aromatic N) is 10. The van der Waals surface area contributed by atoms with Gasteiger partial charge in [0.15, 0.2) is 0 Å². The van der Waals surface area contributed by atoms with Gasteiger partial charge in [-0.3, -0.25) is 0 Å². The van der Waals surface area contributed by atoms with E-state index in [0.29, 0.717) is 0 Å². The Balaban J connectivity index is 1.34. The van der Waals surface area contributed by atoms with Crippen LogP contribution in [0.4, 0.5) is 0 Å². The van der Waals surface area contributed by atoms with Crippen LogP contribution in [0.3, 0.4) is 0 Å². The molecule has 2 bridgehead atoms. The molecule has 0 N–H and O–H groups in total. The predicted molar refractivity (Wildman–Crippen MR) is 196 cm³/mol. The molecule has 2 spiro atoms. The second kappa shape index (κ2) is 12.2. The van der Waals surface area contributed by atoms with Gasteiger partial charge < -0.3 is 9.05 Å². The Hall–Kier alpha value is -1.28. The molecule has 0 aromatic heterocycles. The van der Waals surface area contributed by atoms with Gasteiger partial charge in [-0.2, -0.15) is 13.5 Å². The lowest BCUT2D eigenvalue weighted by Gasteiger charge is -2.47. The summed E-state index contributed by atoms with van der Waals surface area (Å²) in [5.41, 5.74) is 2.42. The van der Waals surface area contributed by atoms with Crippen LogP contribution >= 0.6 is 30.2 Å². The van der Waals surface area contributed by atoms with Crippen molar-refractivity contribution in [2.45, 2.75) is 64.5 Å². The Bertz CT molecular complexity index is 1700. The molecule has 8 heterocycles. The van der Waals surface area contributed by atoms with E-state index in [9.17, 15) is 0 Å². The van der Waals surface area contributed by atoms with Crippen molar-refractivity contribution in [3.8, 4) is 11.5 Å². The molecule has 8 aliphatic rings. The Morgan fingerprint density at radius 2 is 0.771 bits per heavy atom. The summed E-state index contributed by atoms with van der Waals surface area (Å²) in [6.45, 7) is 11.4. The summed E-state index contributed by atoms with van der Waals surface area (Å²) < 4.78 is 55.9. The standard InChI is InChI=1S/C32H48N10O2P4/c1-3-15-31-29(13-1)27-41-25-26-42-28-30-14-2-4-16-32(30)44-48(42)35-46(39-21-9-10-22-39,40-23-11-12-24-40)33-45(37-17-5-6-18-37,38-19-7-8-20-38)34-47(41,36-48)43-31/h1-4,13-16H,5-12,17-28H2. The zero-order chi connectivity index (χ0) is 31.8. The zero-order valence-corrected chi connectivity index (χ0v) is 31.4. The number of fused-ring (bicyclic) bond motifs is 2. The Kier molecular flexibility index (Phi) is 7.97. The van der Waals surface area contributed by atoms with E-state index in [0.717, 1.165) is 90.0 Å². The maximum absolute atomic E-state index is 7.40. The molecule has 16 heteroatoms. The van der Waals surface area contributed by atoms with E-state index in [1.54, 1.807) is 0 Å². The summed E-state index contributed by atoms with van der Waals surface area (Å²) in [4.78, 5) is 0. The SMILES string of the molecule is c1ccc2c(c1)CN1CCN3Cc4ccccc4OP34=NP(N3CCCC3)(N3CCCC3)=NP(N3CCCC3)(N3CCCC3)=NP1(=N4)O2. The first-order valence-corrected chi connectivity index (χ1v) is 24.6. The number of hydrogen-bond acceptors (Lipinski definition) is 12. The van der Waals surface area contributed by atoms with Crippen LogP contribution in [0.5, 0.6) is 11.5 Å². The normalized spacial score (nSPS) is 33.6. The van der Waals surface area contributed by atoms with Gasteiger partial charge >= 0.3 is 15.2 Å². The van der Waals surface area contributed by atoms with Crippen LogP contribution in [0.1, 0.15) is 62.5 Å². The van der Waals surface area contributed by atoms with Crippen LogP contribution in [-0.4, -0.2) is 93.5 Å². The second-order valence-electron chi connectivity index (χ2n) is 14.3. The van der Waals surface area contributed by atoms with Crippen LogP contribution in [0.2, 0.25) is 0 Å². The molecule has 0 saturated carbocycles. The topological polar surface area (TPSA) is 87.3 Å². The first-order chi connectivity index (χ1) is 23.6. The van der Waals surface area contributed by atoms with E-state index in [2.05, 4.69) is 76.6 Å². The number of hydrogen-bond donors (Lipinski definition) is 0. The van der Waals surface area contributed by atoms with Gasteiger partial charge in [0.1, 0.15) is 11.5 Å². The van der Waals surface area contributed by atoms with Crippen molar-refractivity contribution in [1.82, 2.24) is 28.0 Å². The molecule has 8 aliphatic heterocycles. The lowest BCUT2D eigenvalue weighted by atomic mass is 10.2. The van der Waals surface area contributed by atoms with Crippen molar-refractivity contribution in [3.63, 3.8) is 0 Å². The third-order valence-electron chi connectivity index (χ3n) is 11.2. The smallest absolute Gasteiger partial charge is 0.336 e. The van der Waals surface area contributed by atoms with Gasteiger partial charge in [-0.25, -0.2) is 28.0 Å². The van der Waals surface area contributed by atoms with Gasteiger partial charge in [-0.05, 0) is 63.5 Å². The Morgan fingerprint density at radius 3 is 1.21 bits per heavy atom. The van der Waals surface area contributed by atoms with Gasteiger partial charge in [0, 0.05) is 89.7 Å². The monoisotopic (exact) mass is 728 g/mol. The highest BCUT2D eigenvalue weighted by Gasteiger charge is 2.55. The van der Waals surface area contributed by atoms with Gasteiger partial charge in [-0.15, -0.1) is 4.52 Å². The fraction of sp³-hybridized carbons (Fsp3) is 0.625. The average molecular weight is 729 g/mol. The summed E-state index contributed by atoms with van der Waals surface area (Å²) in [7, 11) is -11.4. The van der Waals surface area contributed by atoms with Crippen molar-refractivity contribution in [2.75, 3.05) is 65.4 Å². The van der Waals surface area contributed by atoms with Gasteiger partial charge in [0.25, 0.3) is 0 Å². The van der Waals surface area contributed by atoms with E-state index in [1.165, 1.54) is 62.5 Å². The number of para-hydroxylation sites is 2. The highest BCUT2D eigenvalue weighted by molar-refractivity contribution is 7.82. The molecule has 0 radical (unpaired) electrons. The molecule has 4 fully saturated rings. The quantitative estimate of drug-likeness (QED) is 0.289. The Labute approximate surface area is 285 Å². The summed E-state index contributed by atoms with van der Waals surface area (Å²) >= 11 is 0. The molecule has 258 valence electrons. The van der Waals surface area contributed by atoms with E-state index < -0.39 is 30.2 Å². The molecule has 12 nitrogen and oxygen atoms in total. The molecule has 2 aromatic rings. The van der Waals surface area contributed by atoms with E-state index in [-0.39, 0.29) is 0 Å². The summed E-state index contributed by atoms with van der Waals surface area (Å²) in [5.74, 6) is 1.83. The molecule has 0 aliphatic carbocycles. The third-order valence-corrected chi connectivity index (χ3v) is 26.5. The van der Waals surface area contributed by atoms with Crippen LogP contribution in [0, 0.1) is 0 Å². The average Bonchev–Trinajstić information content (AvgIpc) is 3.93. The summed E-state index contributed by atoms with van der Waals surface area (Å²) in [6, 6.07) is 17.1. The van der Waals surface area contributed by atoms with Crippen molar-refractivity contribution >= 4 is 30.2 Å². The van der Waals surface area contributed by atoms with Crippen molar-refractivity contribution in [3.05, 3.63) is 59.7 Å². The highest BCUT2D eigenvalue weighted by atomic mass is 31.3. The second-order valence-corrected chi connectivity index (χ2v) is 25.1. The van der Waals surface area contributed by atoms with Gasteiger partial charge in [-0.1, -0.05) is 36.4 Å². The van der Waals surface area contributed by atoms with E-state index in [1.807, 2.05) is 0 Å². The van der Waals surface area contributed by atoms with Crippen LogP contribution in [0.25, 0.3) is 0 Å². The molecule has 48 heavy (non-hydrogen) atoms. The minimum Gasteiger partial charge on any atom is -0.430 e. The maximum Gasteiger partial charge on any atom is 0.336 e. The molecule has 0 amide bonds. The lowest BCUT2D eigenvalue weighted by Crippen LogP contribution is -2.33. The van der Waals surface area contributed by atoms with E-state index in [4.69, 9.17) is 27.1 Å². The van der Waals surface area contributed by atoms with Crippen LogP contribution < -0.4 is 9.05 Å². The van der Waals surface area contributed by atoms with Gasteiger partial charge in [0.2, 0.25) is 15.0 Å². The zero-order valence-electron chi connectivity index (χ0n) is 27.8. The van der Waals surface area contributed by atoms with Crippen molar-refractivity contribution in [1.29, 1.82) is 0 Å². The van der Waals surface area contributed by atoms with Crippen LogP contribution in [0.15, 0.2) is 66.6 Å². The highest BCUT2D eigenvalue weighted by Crippen LogP contribution is 2.85. The Morgan fingerprint density at radius 1 is 0.396 bits per heavy atom. The number of rotatable bonds is 4. The first kappa shape index (κ1) is 31.5. The number of benzene rings is 2. The third kappa shape index (κ3) is 4.93. The molecule has 2 unspecified atom stereocenters. The van der Waals surface area contributed by atoms with Gasteiger partial charge in [0.05, 0.1) is 0 Å². The molecule has 2 aromatic carbocycles. The van der Waals surface area contributed by atoms with Crippen LogP contribution in [-0.2, 0) is 13.1 Å². The van der Waals surface area contributed by atoms with Crippen molar-refractivity contribution < 1.29 is 9.05 Å². The molecule has 10 rings (SSSR count). The van der Waals surface area contributed by atoms with Crippen molar-refractivity contribution in [2.24, 2.45) is 18.1 Å². The minimum absolute atomic E-state index is 0.774. The first-order valence-electron chi connectivity index (χ1n) is 18.2. The molecule has 2 atom stereocenters. The molecular weight excluding hydrogens is 680 g/mol. The largest absolute Gasteiger partial charge is 0.430 e. The summed E-state index contributed by atoms with van der Waals surface area (Å²) in [5, 5.41) is 0. The molecular formula is C32H48N10O2P4. The lowest BCUT2D eigenvalue weighted by molar-refractivity contribution is 0.314. The fourth-order valence-electron chi connectivity index (χ4n) is 8.74. The minimum atomic E-state index is -3.02. The summed E-state index contributed by atoms with van der Waals surface area (Å²) in [6.07, 6.45) is 9.53. The fourth-order valence-corrected chi connectivity index (χ4v) is 28.1. The molecule has 4 saturated heterocycles. The van der Waals surface area contributed by atoms with E-state index >= 15 is 0 Å².